The Balaban J connectivity index is 1.61. The van der Waals surface area contributed by atoms with Crippen molar-refractivity contribution in [3.8, 4) is 11.3 Å². The van der Waals surface area contributed by atoms with Crippen LogP contribution < -0.4 is 10.6 Å². The second-order valence-electron chi connectivity index (χ2n) is 6.47. The topological polar surface area (TPSA) is 88.4 Å². The smallest absolute Gasteiger partial charge is 0.318 e. The fraction of sp³-hybridized carbons (Fsp3) is 0.0476. The molecule has 2 amide bonds. The minimum Gasteiger partial charge on any atom is -0.318 e. The van der Waals surface area contributed by atoms with Gasteiger partial charge in [-0.05, 0) is 42.5 Å². The van der Waals surface area contributed by atoms with Crippen molar-refractivity contribution in [3.63, 3.8) is 0 Å². The van der Waals surface area contributed by atoms with E-state index in [1.54, 1.807) is 53.3 Å². The molecule has 3 heterocycles. The van der Waals surface area contributed by atoms with Crippen LogP contribution in [-0.2, 0) is 15.8 Å². The summed E-state index contributed by atoms with van der Waals surface area (Å²) in [5.74, 6) is -1.96. The maximum absolute atomic E-state index is 12.9. The summed E-state index contributed by atoms with van der Waals surface area (Å²) in [7, 11) is 0. The van der Waals surface area contributed by atoms with Crippen LogP contribution in [0.1, 0.15) is 5.56 Å². The zero-order valence-corrected chi connectivity index (χ0v) is 15.7. The molecule has 0 radical (unpaired) electrons. The Bertz CT molecular complexity index is 1270. The average molecular weight is 425 g/mol. The first kappa shape index (κ1) is 20.1. The molecule has 0 bridgehead atoms. The van der Waals surface area contributed by atoms with Gasteiger partial charge in [0.1, 0.15) is 17.2 Å². The van der Waals surface area contributed by atoms with Gasteiger partial charge < -0.3 is 10.6 Å². The van der Waals surface area contributed by atoms with Crippen molar-refractivity contribution < 1.29 is 22.8 Å². The largest absolute Gasteiger partial charge is 0.416 e. The number of amides is 2. The number of hydrogen-bond donors (Lipinski definition) is 2. The van der Waals surface area contributed by atoms with Crippen LogP contribution in [0.4, 0.5) is 24.7 Å². The van der Waals surface area contributed by atoms with E-state index in [4.69, 9.17) is 0 Å². The van der Waals surface area contributed by atoms with Crippen molar-refractivity contribution >= 4 is 29.0 Å². The van der Waals surface area contributed by atoms with Crippen molar-refractivity contribution in [2.75, 3.05) is 10.6 Å². The maximum Gasteiger partial charge on any atom is 0.416 e. The van der Waals surface area contributed by atoms with Gasteiger partial charge in [-0.1, -0.05) is 12.1 Å². The van der Waals surface area contributed by atoms with Gasteiger partial charge >= 0.3 is 18.0 Å². The van der Waals surface area contributed by atoms with Crippen molar-refractivity contribution in [3.05, 3.63) is 78.8 Å². The lowest BCUT2D eigenvalue weighted by atomic mass is 10.2. The Hall–Kier alpha value is -4.21. The first-order valence-corrected chi connectivity index (χ1v) is 9.00. The standard InChI is InChI=1S/C21H14F3N5O2/c22-21(23,24)14-6-3-7-15(11-14)26-19(30)20(31)28-18-17(13-5-4-9-25-12-13)27-16-8-1-2-10-29(16)18/h1-12H,(H,26,30)(H,28,31). The summed E-state index contributed by atoms with van der Waals surface area (Å²) in [6.45, 7) is 0. The van der Waals surface area contributed by atoms with E-state index >= 15 is 0 Å². The number of pyridine rings is 2. The van der Waals surface area contributed by atoms with Crippen molar-refractivity contribution in [1.29, 1.82) is 0 Å². The van der Waals surface area contributed by atoms with Gasteiger partial charge in [-0.15, -0.1) is 0 Å². The van der Waals surface area contributed by atoms with Crippen molar-refractivity contribution in [2.24, 2.45) is 0 Å². The third-order valence-corrected chi connectivity index (χ3v) is 4.35. The highest BCUT2D eigenvalue weighted by Crippen LogP contribution is 2.31. The third kappa shape index (κ3) is 4.22. The number of benzene rings is 1. The van der Waals surface area contributed by atoms with Crippen LogP contribution in [0.2, 0.25) is 0 Å². The van der Waals surface area contributed by atoms with E-state index in [1.165, 1.54) is 6.07 Å². The number of nitrogens with zero attached hydrogens (tertiary/aromatic N) is 3. The molecule has 7 nitrogen and oxygen atoms in total. The van der Waals surface area contributed by atoms with Gasteiger partial charge in [-0.2, -0.15) is 13.2 Å². The number of carbonyl (C=O) groups is 2. The lowest BCUT2D eigenvalue weighted by Gasteiger charge is -2.10. The highest BCUT2D eigenvalue weighted by Gasteiger charge is 2.30. The van der Waals surface area contributed by atoms with E-state index in [9.17, 15) is 22.8 Å². The van der Waals surface area contributed by atoms with E-state index in [0.717, 1.165) is 18.2 Å². The quantitative estimate of drug-likeness (QED) is 0.486. The Morgan fingerprint density at radius 2 is 1.74 bits per heavy atom. The number of hydrogen-bond acceptors (Lipinski definition) is 4. The van der Waals surface area contributed by atoms with Crippen molar-refractivity contribution in [1.82, 2.24) is 14.4 Å². The summed E-state index contributed by atoms with van der Waals surface area (Å²) >= 11 is 0. The predicted molar refractivity (Wildman–Crippen MR) is 107 cm³/mol. The van der Waals surface area contributed by atoms with Gasteiger partial charge in [0.15, 0.2) is 0 Å². The molecule has 156 valence electrons. The van der Waals surface area contributed by atoms with Crippen LogP contribution in [-0.4, -0.2) is 26.2 Å². The van der Waals surface area contributed by atoms with Gasteiger partial charge in [0.25, 0.3) is 0 Å². The van der Waals surface area contributed by atoms with E-state index in [0.29, 0.717) is 16.9 Å². The molecule has 0 aliphatic heterocycles. The zero-order valence-electron chi connectivity index (χ0n) is 15.7. The van der Waals surface area contributed by atoms with E-state index < -0.39 is 23.6 Å². The van der Waals surface area contributed by atoms with Crippen LogP contribution in [0.5, 0.6) is 0 Å². The first-order valence-electron chi connectivity index (χ1n) is 9.00. The molecule has 10 heteroatoms. The summed E-state index contributed by atoms with van der Waals surface area (Å²) < 4.78 is 40.2. The van der Waals surface area contributed by atoms with Gasteiger partial charge in [-0.25, -0.2) is 4.98 Å². The van der Waals surface area contributed by atoms with Crippen molar-refractivity contribution in [2.45, 2.75) is 6.18 Å². The highest BCUT2D eigenvalue weighted by molar-refractivity contribution is 6.43. The molecule has 0 atom stereocenters. The third-order valence-electron chi connectivity index (χ3n) is 4.35. The van der Waals surface area contributed by atoms with Crippen LogP contribution in [0, 0.1) is 0 Å². The molecule has 2 N–H and O–H groups in total. The molecule has 0 unspecified atom stereocenters. The molecular weight excluding hydrogens is 411 g/mol. The molecule has 0 spiro atoms. The second kappa shape index (κ2) is 7.90. The molecule has 4 rings (SSSR count). The van der Waals surface area contributed by atoms with Crippen LogP contribution in [0.3, 0.4) is 0 Å². The normalized spacial score (nSPS) is 11.3. The minimum absolute atomic E-state index is 0.152. The average Bonchev–Trinajstić information content (AvgIpc) is 3.12. The number of alkyl halides is 3. The Kier molecular flexibility index (Phi) is 5.12. The SMILES string of the molecule is O=C(Nc1cccc(C(F)(F)F)c1)C(=O)Nc1c(-c2cccnc2)nc2ccccn12. The number of carbonyl (C=O) groups excluding carboxylic acids is 2. The molecule has 0 aliphatic carbocycles. The number of rotatable bonds is 3. The van der Waals surface area contributed by atoms with Gasteiger partial charge in [0.05, 0.1) is 5.56 Å². The van der Waals surface area contributed by atoms with Gasteiger partial charge in [0.2, 0.25) is 0 Å². The summed E-state index contributed by atoms with van der Waals surface area (Å²) in [6, 6.07) is 12.7. The van der Waals surface area contributed by atoms with E-state index in [1.807, 2.05) is 0 Å². The monoisotopic (exact) mass is 425 g/mol. The molecule has 31 heavy (non-hydrogen) atoms. The van der Waals surface area contributed by atoms with Crippen LogP contribution in [0.15, 0.2) is 73.2 Å². The second-order valence-corrected chi connectivity index (χ2v) is 6.47. The summed E-state index contributed by atoms with van der Waals surface area (Å²) in [5, 5.41) is 4.68. The number of imidazole rings is 1. The minimum atomic E-state index is -4.57. The number of fused-ring (bicyclic) bond motifs is 1. The molecule has 0 saturated heterocycles. The van der Waals surface area contributed by atoms with E-state index in [2.05, 4.69) is 20.6 Å². The molecule has 0 saturated carbocycles. The molecule has 3 aromatic heterocycles. The van der Waals surface area contributed by atoms with Crippen LogP contribution in [0.25, 0.3) is 16.9 Å². The lowest BCUT2D eigenvalue weighted by molar-refractivity contribution is -0.137. The molecular formula is C21H14F3N5O2. The molecule has 1 aromatic carbocycles. The predicted octanol–water partition coefficient (Wildman–Crippen LogP) is 3.99. The fourth-order valence-corrected chi connectivity index (χ4v) is 2.94. The summed E-state index contributed by atoms with van der Waals surface area (Å²) in [6.07, 6.45) is 0.223. The van der Waals surface area contributed by atoms with Gasteiger partial charge in [-0.3, -0.25) is 19.0 Å². The lowest BCUT2D eigenvalue weighted by Crippen LogP contribution is -2.29. The highest BCUT2D eigenvalue weighted by atomic mass is 19.4. The Morgan fingerprint density at radius 3 is 2.48 bits per heavy atom. The number of anilines is 2. The number of halogens is 3. The Morgan fingerprint density at radius 1 is 0.935 bits per heavy atom. The first-order chi connectivity index (χ1) is 14.8. The Labute approximate surface area is 173 Å². The van der Waals surface area contributed by atoms with Crippen LogP contribution >= 0.6 is 0 Å². The van der Waals surface area contributed by atoms with E-state index in [-0.39, 0.29) is 11.5 Å². The van der Waals surface area contributed by atoms with Gasteiger partial charge in [0, 0.05) is 29.8 Å². The molecule has 4 aromatic rings. The number of nitrogens with one attached hydrogen (secondary N) is 2. The fourth-order valence-electron chi connectivity index (χ4n) is 2.94. The maximum atomic E-state index is 12.9. The molecule has 0 aliphatic rings. The molecule has 0 fully saturated rings. The number of aromatic nitrogens is 3. The summed E-state index contributed by atoms with van der Waals surface area (Å²) in [4.78, 5) is 33.4. The zero-order chi connectivity index (χ0) is 22.0. The summed E-state index contributed by atoms with van der Waals surface area (Å²) in [5.41, 5.74) is 0.432.